The SMILES string of the molecule is CC(C)OC1=C(C(=O)c2ccc3c(c2Cl)CCS3(=O)=O)C(=O)CCC1. The second-order valence-electron chi connectivity index (χ2n) is 6.54. The summed E-state index contributed by atoms with van der Waals surface area (Å²) in [4.78, 5) is 25.5. The summed E-state index contributed by atoms with van der Waals surface area (Å²) in [7, 11) is -3.33. The van der Waals surface area contributed by atoms with Crippen LogP contribution in [-0.2, 0) is 25.8 Å². The first-order valence-electron chi connectivity index (χ1n) is 8.24. The third-order valence-electron chi connectivity index (χ3n) is 4.37. The van der Waals surface area contributed by atoms with Gasteiger partial charge in [-0.3, -0.25) is 9.59 Å². The Labute approximate surface area is 151 Å². The van der Waals surface area contributed by atoms with Gasteiger partial charge in [0.05, 0.1) is 21.8 Å². The lowest BCUT2D eigenvalue weighted by Crippen LogP contribution is -2.22. The molecule has 0 amide bonds. The Morgan fingerprint density at radius 3 is 2.60 bits per heavy atom. The zero-order valence-corrected chi connectivity index (χ0v) is 15.7. The maximum atomic E-state index is 13.0. The maximum absolute atomic E-state index is 13.0. The van der Waals surface area contributed by atoms with E-state index in [0.717, 1.165) is 0 Å². The zero-order valence-electron chi connectivity index (χ0n) is 14.1. The number of carbonyl (C=O) groups is 2. The van der Waals surface area contributed by atoms with Crippen molar-refractivity contribution in [3.63, 3.8) is 0 Å². The largest absolute Gasteiger partial charge is 0.494 e. The molecule has 0 atom stereocenters. The summed E-state index contributed by atoms with van der Waals surface area (Å²) in [6, 6.07) is 2.81. The molecule has 0 radical (unpaired) electrons. The van der Waals surface area contributed by atoms with Crippen molar-refractivity contribution in [3.05, 3.63) is 39.6 Å². The maximum Gasteiger partial charge on any atom is 0.201 e. The van der Waals surface area contributed by atoms with Gasteiger partial charge < -0.3 is 4.74 Å². The van der Waals surface area contributed by atoms with Crippen LogP contribution in [0.1, 0.15) is 49.0 Å². The first kappa shape index (κ1) is 18.1. The Morgan fingerprint density at radius 1 is 1.20 bits per heavy atom. The molecule has 25 heavy (non-hydrogen) atoms. The molecule has 0 N–H and O–H groups in total. The zero-order chi connectivity index (χ0) is 18.4. The molecule has 0 spiro atoms. The average molecular weight is 383 g/mol. The Morgan fingerprint density at radius 2 is 1.92 bits per heavy atom. The molecule has 134 valence electrons. The highest BCUT2D eigenvalue weighted by molar-refractivity contribution is 7.91. The second kappa shape index (κ2) is 6.57. The lowest BCUT2D eigenvalue weighted by Gasteiger charge is -2.21. The summed E-state index contributed by atoms with van der Waals surface area (Å²) in [5.41, 5.74) is 0.665. The van der Waals surface area contributed by atoms with Crippen molar-refractivity contribution >= 4 is 33.0 Å². The van der Waals surface area contributed by atoms with Crippen LogP contribution in [-0.4, -0.2) is 31.8 Å². The molecule has 1 aromatic rings. The van der Waals surface area contributed by atoms with Crippen molar-refractivity contribution in [2.45, 2.75) is 50.5 Å². The molecule has 0 fully saturated rings. The quantitative estimate of drug-likeness (QED) is 0.589. The first-order chi connectivity index (χ1) is 11.7. The Kier molecular flexibility index (Phi) is 4.77. The predicted molar refractivity (Wildman–Crippen MR) is 93.6 cm³/mol. The number of Topliss-reactive ketones (excluding diaryl/α,β-unsaturated/α-hetero) is 2. The van der Waals surface area contributed by atoms with E-state index in [1.807, 2.05) is 13.8 Å². The van der Waals surface area contributed by atoms with Crippen LogP contribution in [0.5, 0.6) is 0 Å². The van der Waals surface area contributed by atoms with Crippen LogP contribution in [0.4, 0.5) is 0 Å². The molecule has 0 unspecified atom stereocenters. The fourth-order valence-corrected chi connectivity index (χ4v) is 5.20. The number of hydrogen-bond acceptors (Lipinski definition) is 5. The predicted octanol–water partition coefficient (Wildman–Crippen LogP) is 3.28. The van der Waals surface area contributed by atoms with Crippen molar-refractivity contribution in [3.8, 4) is 0 Å². The average Bonchev–Trinajstić information content (AvgIpc) is 2.83. The number of ketones is 2. The minimum absolute atomic E-state index is 0.0109. The van der Waals surface area contributed by atoms with E-state index in [9.17, 15) is 18.0 Å². The standard InChI is InChI=1S/C18H19ClO5S/c1-10(2)24-14-5-3-4-13(20)16(14)18(21)12-6-7-15-11(17(12)19)8-9-25(15,22)23/h6-7,10H,3-5,8-9H2,1-2H3. The van der Waals surface area contributed by atoms with E-state index in [0.29, 0.717) is 30.6 Å². The van der Waals surface area contributed by atoms with Gasteiger partial charge in [0.1, 0.15) is 11.3 Å². The molecule has 5 nitrogen and oxygen atoms in total. The van der Waals surface area contributed by atoms with Crippen LogP contribution >= 0.6 is 11.6 Å². The number of halogens is 1. The van der Waals surface area contributed by atoms with Gasteiger partial charge in [-0.25, -0.2) is 8.42 Å². The molecular weight excluding hydrogens is 364 g/mol. The Balaban J connectivity index is 2.09. The fraction of sp³-hybridized carbons (Fsp3) is 0.444. The minimum Gasteiger partial charge on any atom is -0.494 e. The monoisotopic (exact) mass is 382 g/mol. The van der Waals surface area contributed by atoms with E-state index < -0.39 is 15.6 Å². The first-order valence-corrected chi connectivity index (χ1v) is 10.3. The third-order valence-corrected chi connectivity index (χ3v) is 6.60. The lowest BCUT2D eigenvalue weighted by atomic mass is 9.89. The fourth-order valence-electron chi connectivity index (χ4n) is 3.25. The second-order valence-corrected chi connectivity index (χ2v) is 9.00. The molecule has 1 aliphatic heterocycles. The summed E-state index contributed by atoms with van der Waals surface area (Å²) in [5, 5.41) is 0.123. The van der Waals surface area contributed by atoms with Gasteiger partial charge in [-0.05, 0) is 44.4 Å². The van der Waals surface area contributed by atoms with Gasteiger partial charge in [-0.2, -0.15) is 0 Å². The van der Waals surface area contributed by atoms with Crippen molar-refractivity contribution < 1.29 is 22.7 Å². The number of ether oxygens (including phenoxy) is 1. The molecule has 1 heterocycles. The summed E-state index contributed by atoms with van der Waals surface area (Å²) in [6.07, 6.45) is 1.60. The van der Waals surface area contributed by atoms with Gasteiger partial charge in [-0.15, -0.1) is 0 Å². The molecule has 1 aromatic carbocycles. The number of sulfone groups is 1. The summed E-state index contributed by atoms with van der Waals surface area (Å²) in [6.45, 7) is 3.67. The number of rotatable bonds is 4. The van der Waals surface area contributed by atoms with E-state index in [1.165, 1.54) is 12.1 Å². The molecule has 2 aliphatic rings. The van der Waals surface area contributed by atoms with Gasteiger partial charge in [0.15, 0.2) is 15.6 Å². The molecule has 0 bridgehead atoms. The van der Waals surface area contributed by atoms with Crippen LogP contribution in [0.15, 0.2) is 28.4 Å². The molecule has 0 aromatic heterocycles. The van der Waals surface area contributed by atoms with E-state index in [-0.39, 0.29) is 45.1 Å². The summed E-state index contributed by atoms with van der Waals surface area (Å²) in [5.74, 6) is -0.350. The van der Waals surface area contributed by atoms with Crippen LogP contribution in [0.25, 0.3) is 0 Å². The summed E-state index contributed by atoms with van der Waals surface area (Å²) >= 11 is 6.34. The van der Waals surface area contributed by atoms with Gasteiger partial charge in [0.2, 0.25) is 5.78 Å². The van der Waals surface area contributed by atoms with E-state index in [2.05, 4.69) is 0 Å². The highest BCUT2D eigenvalue weighted by atomic mass is 35.5. The normalized spacial score (nSPS) is 19.3. The van der Waals surface area contributed by atoms with Gasteiger partial charge in [0.25, 0.3) is 0 Å². The molecule has 0 saturated heterocycles. The van der Waals surface area contributed by atoms with Crippen LogP contribution in [0.2, 0.25) is 5.02 Å². The van der Waals surface area contributed by atoms with Crippen LogP contribution in [0.3, 0.4) is 0 Å². The van der Waals surface area contributed by atoms with Crippen LogP contribution < -0.4 is 0 Å². The topological polar surface area (TPSA) is 77.5 Å². The molecule has 0 saturated carbocycles. The number of allylic oxidation sites excluding steroid dienone is 2. The Bertz CT molecular complexity index is 896. The van der Waals surface area contributed by atoms with Crippen molar-refractivity contribution in [2.75, 3.05) is 5.75 Å². The molecule has 3 rings (SSSR count). The lowest BCUT2D eigenvalue weighted by molar-refractivity contribution is -0.116. The van der Waals surface area contributed by atoms with Gasteiger partial charge >= 0.3 is 0 Å². The van der Waals surface area contributed by atoms with Crippen molar-refractivity contribution in [2.24, 2.45) is 0 Å². The van der Waals surface area contributed by atoms with Crippen molar-refractivity contribution in [1.29, 1.82) is 0 Å². The van der Waals surface area contributed by atoms with Gasteiger partial charge in [-0.1, -0.05) is 11.6 Å². The van der Waals surface area contributed by atoms with Crippen LogP contribution in [0, 0.1) is 0 Å². The number of carbonyl (C=O) groups excluding carboxylic acids is 2. The smallest absolute Gasteiger partial charge is 0.201 e. The highest BCUT2D eigenvalue weighted by Gasteiger charge is 2.34. The number of hydrogen-bond donors (Lipinski definition) is 0. The molecule has 1 aliphatic carbocycles. The van der Waals surface area contributed by atoms with Gasteiger partial charge in [0, 0.05) is 18.4 Å². The third kappa shape index (κ3) is 3.25. The molecule has 7 heteroatoms. The number of fused-ring (bicyclic) bond motifs is 1. The van der Waals surface area contributed by atoms with Crippen molar-refractivity contribution in [1.82, 2.24) is 0 Å². The minimum atomic E-state index is -3.33. The van der Waals surface area contributed by atoms with E-state index >= 15 is 0 Å². The Hall–Kier alpha value is -1.66. The van der Waals surface area contributed by atoms with E-state index in [4.69, 9.17) is 16.3 Å². The summed E-state index contributed by atoms with van der Waals surface area (Å²) < 4.78 is 29.7. The van der Waals surface area contributed by atoms with E-state index in [1.54, 1.807) is 0 Å². The highest BCUT2D eigenvalue weighted by Crippen LogP contribution is 2.36. The number of benzene rings is 1. The molecular formula is C18H19ClO5S.